The Labute approximate surface area is 168 Å². The van der Waals surface area contributed by atoms with Crippen LogP contribution < -0.4 is 10.6 Å². The van der Waals surface area contributed by atoms with E-state index in [1.165, 1.54) is 18.1 Å². The molecule has 1 aliphatic heterocycles. The number of benzene rings is 1. The summed E-state index contributed by atoms with van der Waals surface area (Å²) < 4.78 is 31.7. The summed E-state index contributed by atoms with van der Waals surface area (Å²) in [4.78, 5) is 24.6. The number of amides is 1. The van der Waals surface area contributed by atoms with Crippen LogP contribution in [0.2, 0.25) is 0 Å². The number of H-pyrrole nitrogens is 1. The predicted octanol–water partition coefficient (Wildman–Crippen LogP) is 2.86. The number of alkyl halides is 3. The van der Waals surface area contributed by atoms with E-state index >= 15 is 0 Å². The van der Waals surface area contributed by atoms with Gasteiger partial charge in [-0.3, -0.25) is 9.89 Å². The van der Waals surface area contributed by atoms with Gasteiger partial charge in [-0.1, -0.05) is 12.1 Å². The summed E-state index contributed by atoms with van der Waals surface area (Å²) in [6, 6.07) is 7.74. The molecule has 2 aromatic heterocycles. The Morgan fingerprint density at radius 1 is 1.27 bits per heavy atom. The summed E-state index contributed by atoms with van der Waals surface area (Å²) in [5, 5.41) is 21.9. The van der Waals surface area contributed by atoms with E-state index in [1.54, 1.807) is 0 Å². The van der Waals surface area contributed by atoms with E-state index in [0.29, 0.717) is 0 Å². The van der Waals surface area contributed by atoms with Crippen molar-refractivity contribution in [1.29, 1.82) is 0 Å². The van der Waals surface area contributed by atoms with Crippen LogP contribution in [-0.4, -0.2) is 44.9 Å². The minimum Gasteiger partial charge on any atom is -0.475 e. The van der Waals surface area contributed by atoms with Gasteiger partial charge in [0.1, 0.15) is 5.69 Å². The molecule has 3 aromatic rings. The number of rotatable bonds is 2. The number of anilines is 1. The number of hydrogen-bond acceptors (Lipinski definition) is 5. The molecule has 0 saturated heterocycles. The molecule has 11 heteroatoms. The van der Waals surface area contributed by atoms with E-state index < -0.39 is 12.1 Å². The van der Waals surface area contributed by atoms with Gasteiger partial charge in [0.2, 0.25) is 5.91 Å². The van der Waals surface area contributed by atoms with Crippen LogP contribution in [0.15, 0.2) is 30.5 Å². The van der Waals surface area contributed by atoms with Crippen molar-refractivity contribution in [3.05, 3.63) is 41.6 Å². The second kappa shape index (κ2) is 8.49. The quantitative estimate of drug-likeness (QED) is 0.505. The monoisotopic (exact) mass is 421 g/mol. The molecule has 1 aliphatic rings. The molecule has 0 bridgehead atoms. The van der Waals surface area contributed by atoms with Crippen molar-refractivity contribution in [2.45, 2.75) is 26.1 Å². The van der Waals surface area contributed by atoms with Gasteiger partial charge < -0.3 is 15.7 Å². The molecule has 4 rings (SSSR count). The molecule has 0 spiro atoms. The van der Waals surface area contributed by atoms with Gasteiger partial charge in [-0.05, 0) is 36.2 Å². The largest absolute Gasteiger partial charge is 0.490 e. The summed E-state index contributed by atoms with van der Waals surface area (Å²) in [5.74, 6) is -2.84. The maximum absolute atomic E-state index is 11.3. The van der Waals surface area contributed by atoms with Gasteiger partial charge in [0.25, 0.3) is 0 Å². The number of aromatic nitrogens is 3. The number of nitrogens with zero attached hydrogens (tertiary/aromatic N) is 2. The summed E-state index contributed by atoms with van der Waals surface area (Å²) in [6.07, 6.45) is -2.20. The zero-order valence-corrected chi connectivity index (χ0v) is 15.8. The fourth-order valence-electron chi connectivity index (χ4n) is 3.12. The van der Waals surface area contributed by atoms with Gasteiger partial charge in [0.05, 0.1) is 5.39 Å². The van der Waals surface area contributed by atoms with Crippen molar-refractivity contribution in [3.63, 3.8) is 0 Å². The van der Waals surface area contributed by atoms with E-state index in [1.807, 2.05) is 30.5 Å². The SMILES string of the molecule is CC(=O)Nc1cccc(-c2n[nH]c3ncc4c(c23)CCNC4)c1.O=C(O)C(F)(F)F. The van der Waals surface area contributed by atoms with Crippen LogP contribution in [-0.2, 0) is 22.6 Å². The number of carbonyl (C=O) groups excluding carboxylic acids is 1. The number of aliphatic carboxylic acids is 1. The number of nitrogens with one attached hydrogen (secondary N) is 3. The lowest BCUT2D eigenvalue weighted by Crippen LogP contribution is -2.23. The fraction of sp³-hybridized carbons (Fsp3) is 0.263. The molecule has 0 fully saturated rings. The Balaban J connectivity index is 0.000000318. The predicted molar refractivity (Wildman–Crippen MR) is 103 cm³/mol. The fourth-order valence-corrected chi connectivity index (χ4v) is 3.12. The number of hydrogen-bond donors (Lipinski definition) is 4. The van der Waals surface area contributed by atoms with Crippen LogP contribution in [0.5, 0.6) is 0 Å². The molecule has 8 nitrogen and oxygen atoms in total. The van der Waals surface area contributed by atoms with Crippen LogP contribution in [0, 0.1) is 0 Å². The lowest BCUT2D eigenvalue weighted by atomic mass is 9.97. The summed E-state index contributed by atoms with van der Waals surface area (Å²) in [7, 11) is 0. The Hall–Kier alpha value is -3.47. The minimum absolute atomic E-state index is 0.0841. The molecular weight excluding hydrogens is 403 g/mol. The van der Waals surface area contributed by atoms with Gasteiger partial charge in [-0.25, -0.2) is 9.78 Å². The maximum Gasteiger partial charge on any atom is 0.490 e. The molecule has 0 unspecified atom stereocenters. The van der Waals surface area contributed by atoms with Gasteiger partial charge in [-0.15, -0.1) is 0 Å². The zero-order valence-electron chi connectivity index (χ0n) is 15.8. The molecule has 3 heterocycles. The van der Waals surface area contributed by atoms with Crippen molar-refractivity contribution in [1.82, 2.24) is 20.5 Å². The van der Waals surface area contributed by atoms with E-state index in [9.17, 15) is 18.0 Å². The van der Waals surface area contributed by atoms with Crippen LogP contribution >= 0.6 is 0 Å². The molecule has 0 aliphatic carbocycles. The number of aromatic amines is 1. The van der Waals surface area contributed by atoms with Gasteiger partial charge in [0, 0.05) is 30.9 Å². The summed E-state index contributed by atoms with van der Waals surface area (Å²) >= 11 is 0. The molecular formula is C19H18F3N5O3. The average Bonchev–Trinajstić information content (AvgIpc) is 3.12. The third-order valence-electron chi connectivity index (χ3n) is 4.35. The van der Waals surface area contributed by atoms with E-state index in [4.69, 9.17) is 9.90 Å². The molecule has 30 heavy (non-hydrogen) atoms. The number of carboxylic acids is 1. The Morgan fingerprint density at radius 2 is 2.00 bits per heavy atom. The first-order valence-corrected chi connectivity index (χ1v) is 8.90. The van der Waals surface area contributed by atoms with E-state index in [2.05, 4.69) is 25.8 Å². The maximum atomic E-state index is 11.3. The highest BCUT2D eigenvalue weighted by molar-refractivity contribution is 5.96. The Bertz CT molecular complexity index is 1090. The Kier molecular flexibility index (Phi) is 6.01. The van der Waals surface area contributed by atoms with Gasteiger partial charge >= 0.3 is 12.1 Å². The van der Waals surface area contributed by atoms with Crippen molar-refractivity contribution >= 4 is 28.6 Å². The van der Waals surface area contributed by atoms with E-state index in [0.717, 1.165) is 47.5 Å². The van der Waals surface area contributed by atoms with Crippen molar-refractivity contribution in [2.75, 3.05) is 11.9 Å². The lowest BCUT2D eigenvalue weighted by molar-refractivity contribution is -0.192. The second-order valence-corrected chi connectivity index (χ2v) is 6.55. The highest BCUT2D eigenvalue weighted by Crippen LogP contribution is 2.32. The molecule has 1 amide bonds. The molecule has 1 aromatic carbocycles. The first kappa shape index (κ1) is 21.2. The zero-order chi connectivity index (χ0) is 21.9. The Morgan fingerprint density at radius 3 is 2.67 bits per heavy atom. The van der Waals surface area contributed by atoms with Crippen LogP contribution in [0.25, 0.3) is 22.3 Å². The smallest absolute Gasteiger partial charge is 0.475 e. The normalized spacial score (nSPS) is 13.2. The molecule has 0 radical (unpaired) electrons. The molecule has 0 atom stereocenters. The molecule has 158 valence electrons. The van der Waals surface area contributed by atoms with Crippen LogP contribution in [0.3, 0.4) is 0 Å². The minimum atomic E-state index is -5.08. The van der Waals surface area contributed by atoms with Gasteiger partial charge in [-0.2, -0.15) is 18.3 Å². The number of pyridine rings is 1. The number of fused-ring (bicyclic) bond motifs is 3. The highest BCUT2D eigenvalue weighted by atomic mass is 19.4. The van der Waals surface area contributed by atoms with Gasteiger partial charge in [0.15, 0.2) is 5.65 Å². The average molecular weight is 421 g/mol. The summed E-state index contributed by atoms with van der Waals surface area (Å²) in [5.41, 5.74) is 5.97. The standard InChI is InChI=1S/C17H17N5O.C2HF3O2/c1-10(23)20-13-4-2-3-11(7-13)16-15-14-5-6-18-8-12(14)9-19-17(15)22-21-16;3-2(4,5)1(6)7/h2-4,7,9,18H,5-6,8H2,1H3,(H,20,23)(H,19,21,22);(H,6,7). The van der Waals surface area contributed by atoms with E-state index in [-0.39, 0.29) is 5.91 Å². The third kappa shape index (κ3) is 4.74. The number of halogens is 3. The third-order valence-corrected chi connectivity index (χ3v) is 4.35. The second-order valence-electron chi connectivity index (χ2n) is 6.55. The highest BCUT2D eigenvalue weighted by Gasteiger charge is 2.38. The summed E-state index contributed by atoms with van der Waals surface area (Å²) in [6.45, 7) is 3.31. The van der Waals surface area contributed by atoms with Crippen molar-refractivity contribution in [2.24, 2.45) is 0 Å². The number of carbonyl (C=O) groups is 2. The van der Waals surface area contributed by atoms with Crippen LogP contribution in [0.1, 0.15) is 18.1 Å². The van der Waals surface area contributed by atoms with Crippen molar-refractivity contribution < 1.29 is 27.9 Å². The van der Waals surface area contributed by atoms with Crippen molar-refractivity contribution in [3.8, 4) is 11.3 Å². The lowest BCUT2D eigenvalue weighted by Gasteiger charge is -2.17. The topological polar surface area (TPSA) is 120 Å². The molecule has 4 N–H and O–H groups in total. The first-order valence-electron chi connectivity index (χ1n) is 8.90. The molecule has 0 saturated carbocycles. The number of carboxylic acid groups (broad SMARTS) is 1. The van der Waals surface area contributed by atoms with Crippen LogP contribution in [0.4, 0.5) is 18.9 Å². The first-order chi connectivity index (χ1) is 14.2.